The molecule has 1 unspecified atom stereocenters. The molecule has 1 aromatic rings. The van der Waals surface area contributed by atoms with Crippen molar-refractivity contribution in [2.45, 2.75) is 32.4 Å². The highest BCUT2D eigenvalue weighted by atomic mass is 35.5. The van der Waals surface area contributed by atoms with Gasteiger partial charge in [0.25, 0.3) is 0 Å². The molecule has 1 amide bonds. The molecule has 20 heavy (non-hydrogen) atoms. The molecule has 1 aromatic heterocycles. The summed E-state index contributed by atoms with van der Waals surface area (Å²) in [5.74, 6) is 0.193. The van der Waals surface area contributed by atoms with Crippen molar-refractivity contribution < 1.29 is 4.79 Å². The van der Waals surface area contributed by atoms with Gasteiger partial charge in [-0.05, 0) is 18.6 Å². The van der Waals surface area contributed by atoms with Crippen molar-refractivity contribution in [2.75, 3.05) is 26.2 Å². The van der Waals surface area contributed by atoms with E-state index in [0.717, 1.165) is 43.5 Å². The van der Waals surface area contributed by atoms with E-state index < -0.39 is 0 Å². The van der Waals surface area contributed by atoms with Crippen LogP contribution in [0.15, 0.2) is 12.1 Å². The number of carbonyl (C=O) groups excluding carboxylic acids is 1. The topological polar surface area (TPSA) is 49.6 Å². The highest BCUT2D eigenvalue weighted by Gasteiger charge is 2.22. The van der Waals surface area contributed by atoms with Gasteiger partial charge in [-0.1, -0.05) is 18.5 Å². The minimum atomic E-state index is -0.00575. The molecule has 0 aromatic carbocycles. The average molecular weight is 316 g/mol. The Morgan fingerprint density at radius 1 is 1.40 bits per heavy atom. The molecule has 6 heteroatoms. The number of nitrogens with zero attached hydrogens (tertiary/aromatic N) is 2. The van der Waals surface area contributed by atoms with Gasteiger partial charge >= 0.3 is 0 Å². The highest BCUT2D eigenvalue weighted by Crippen LogP contribution is 2.23. The number of rotatable bonds is 5. The van der Waals surface area contributed by atoms with E-state index in [4.69, 9.17) is 17.3 Å². The molecule has 4 nitrogen and oxygen atoms in total. The SMILES string of the molecule is CCC(N)CC(=O)N1CCN(Cc2ccc(Cl)s2)CC1. The molecular formula is C14H22ClN3OS. The normalized spacial score (nSPS) is 18.2. The van der Waals surface area contributed by atoms with Crippen LogP contribution in [-0.2, 0) is 11.3 Å². The first-order valence-corrected chi connectivity index (χ1v) is 8.28. The van der Waals surface area contributed by atoms with E-state index in [0.29, 0.717) is 6.42 Å². The lowest BCUT2D eigenvalue weighted by atomic mass is 10.1. The lowest BCUT2D eigenvalue weighted by Gasteiger charge is -2.35. The Morgan fingerprint density at radius 2 is 2.10 bits per heavy atom. The summed E-state index contributed by atoms with van der Waals surface area (Å²) >= 11 is 7.57. The summed E-state index contributed by atoms with van der Waals surface area (Å²) < 4.78 is 0.836. The van der Waals surface area contributed by atoms with Gasteiger partial charge in [0.15, 0.2) is 0 Å². The fourth-order valence-corrected chi connectivity index (χ4v) is 3.44. The van der Waals surface area contributed by atoms with E-state index in [1.165, 1.54) is 4.88 Å². The number of halogens is 1. The first-order valence-electron chi connectivity index (χ1n) is 7.08. The first kappa shape index (κ1) is 15.8. The second-order valence-electron chi connectivity index (χ2n) is 5.24. The van der Waals surface area contributed by atoms with Crippen LogP contribution in [0.3, 0.4) is 0 Å². The molecular weight excluding hydrogens is 294 g/mol. The molecule has 1 saturated heterocycles. The van der Waals surface area contributed by atoms with Gasteiger partial charge in [-0.15, -0.1) is 11.3 Å². The Kier molecular flexibility index (Phi) is 5.84. The standard InChI is InChI=1S/C14H22ClN3OS/c1-2-11(16)9-14(19)18-7-5-17(6-8-18)10-12-3-4-13(15)20-12/h3-4,11H,2,5-10,16H2,1H3. The Morgan fingerprint density at radius 3 is 2.65 bits per heavy atom. The van der Waals surface area contributed by atoms with Gasteiger partial charge in [-0.2, -0.15) is 0 Å². The smallest absolute Gasteiger partial charge is 0.224 e. The molecule has 0 aliphatic carbocycles. The molecule has 2 N–H and O–H groups in total. The zero-order chi connectivity index (χ0) is 14.5. The number of amides is 1. The predicted molar refractivity (Wildman–Crippen MR) is 84.1 cm³/mol. The molecule has 1 atom stereocenters. The number of piperazine rings is 1. The molecule has 1 aliphatic heterocycles. The summed E-state index contributed by atoms with van der Waals surface area (Å²) in [5, 5.41) is 0. The second kappa shape index (κ2) is 7.41. The second-order valence-corrected chi connectivity index (χ2v) is 7.03. The maximum absolute atomic E-state index is 12.0. The van der Waals surface area contributed by atoms with E-state index in [2.05, 4.69) is 11.0 Å². The summed E-state index contributed by atoms with van der Waals surface area (Å²) in [7, 11) is 0. The van der Waals surface area contributed by atoms with Crippen LogP contribution in [0.25, 0.3) is 0 Å². The minimum Gasteiger partial charge on any atom is -0.340 e. The van der Waals surface area contributed by atoms with Crippen LogP contribution in [0.5, 0.6) is 0 Å². The molecule has 1 fully saturated rings. The minimum absolute atomic E-state index is 0.00575. The molecule has 0 bridgehead atoms. The van der Waals surface area contributed by atoms with Gasteiger partial charge in [0.1, 0.15) is 0 Å². The summed E-state index contributed by atoms with van der Waals surface area (Å²) in [6.45, 7) is 6.38. The molecule has 0 saturated carbocycles. The zero-order valence-corrected chi connectivity index (χ0v) is 13.4. The summed E-state index contributed by atoms with van der Waals surface area (Å²) in [6.07, 6.45) is 1.32. The number of hydrogen-bond donors (Lipinski definition) is 1. The fourth-order valence-electron chi connectivity index (χ4n) is 2.31. The maximum Gasteiger partial charge on any atom is 0.224 e. The van der Waals surface area contributed by atoms with Crippen LogP contribution in [-0.4, -0.2) is 47.9 Å². The van der Waals surface area contributed by atoms with Gasteiger partial charge in [-0.3, -0.25) is 9.69 Å². The van der Waals surface area contributed by atoms with E-state index >= 15 is 0 Å². The van der Waals surface area contributed by atoms with Crippen molar-refractivity contribution in [3.05, 3.63) is 21.3 Å². The Balaban J connectivity index is 1.76. The number of carbonyl (C=O) groups is 1. The average Bonchev–Trinajstić information content (AvgIpc) is 2.84. The summed E-state index contributed by atoms with van der Waals surface area (Å²) in [5.41, 5.74) is 5.84. The van der Waals surface area contributed by atoms with Crippen LogP contribution in [0, 0.1) is 0 Å². The van der Waals surface area contributed by atoms with Gasteiger partial charge in [0, 0.05) is 50.1 Å². The van der Waals surface area contributed by atoms with Crippen molar-refractivity contribution in [2.24, 2.45) is 5.73 Å². The fraction of sp³-hybridized carbons (Fsp3) is 0.643. The lowest BCUT2D eigenvalue weighted by Crippen LogP contribution is -2.49. The van der Waals surface area contributed by atoms with Gasteiger partial charge in [-0.25, -0.2) is 0 Å². The lowest BCUT2D eigenvalue weighted by molar-refractivity contribution is -0.133. The highest BCUT2D eigenvalue weighted by molar-refractivity contribution is 7.16. The van der Waals surface area contributed by atoms with Crippen LogP contribution in [0.2, 0.25) is 4.34 Å². The Bertz CT molecular complexity index is 443. The third-order valence-corrected chi connectivity index (χ3v) is 4.91. The molecule has 2 heterocycles. The van der Waals surface area contributed by atoms with Crippen LogP contribution < -0.4 is 5.73 Å². The molecule has 2 rings (SSSR count). The monoisotopic (exact) mass is 315 g/mol. The molecule has 0 radical (unpaired) electrons. The van der Waals surface area contributed by atoms with Crippen LogP contribution in [0.1, 0.15) is 24.6 Å². The van der Waals surface area contributed by atoms with E-state index in [-0.39, 0.29) is 11.9 Å². The predicted octanol–water partition coefficient (Wildman–Crippen LogP) is 2.17. The first-order chi connectivity index (χ1) is 9.58. The largest absolute Gasteiger partial charge is 0.340 e. The van der Waals surface area contributed by atoms with Gasteiger partial charge in [0.2, 0.25) is 5.91 Å². The van der Waals surface area contributed by atoms with Crippen molar-refractivity contribution in [3.63, 3.8) is 0 Å². The maximum atomic E-state index is 12.0. The number of hydrogen-bond acceptors (Lipinski definition) is 4. The van der Waals surface area contributed by atoms with Crippen molar-refractivity contribution in [1.29, 1.82) is 0 Å². The quantitative estimate of drug-likeness (QED) is 0.906. The summed E-state index contributed by atoms with van der Waals surface area (Å²) in [4.78, 5) is 17.6. The third-order valence-electron chi connectivity index (χ3n) is 3.69. The van der Waals surface area contributed by atoms with E-state index in [1.54, 1.807) is 11.3 Å². The zero-order valence-electron chi connectivity index (χ0n) is 11.8. The van der Waals surface area contributed by atoms with Crippen LogP contribution in [0.4, 0.5) is 0 Å². The number of nitrogens with two attached hydrogens (primary N) is 1. The van der Waals surface area contributed by atoms with Crippen molar-refractivity contribution >= 4 is 28.8 Å². The van der Waals surface area contributed by atoms with Gasteiger partial charge < -0.3 is 10.6 Å². The third kappa shape index (κ3) is 4.45. The van der Waals surface area contributed by atoms with E-state index in [1.807, 2.05) is 17.9 Å². The van der Waals surface area contributed by atoms with Gasteiger partial charge in [0.05, 0.1) is 4.34 Å². The molecule has 1 aliphatic rings. The molecule has 112 valence electrons. The Hall–Kier alpha value is -0.620. The summed E-state index contributed by atoms with van der Waals surface area (Å²) in [6, 6.07) is 4.01. The van der Waals surface area contributed by atoms with Crippen molar-refractivity contribution in [3.8, 4) is 0 Å². The van der Waals surface area contributed by atoms with Crippen molar-refractivity contribution in [1.82, 2.24) is 9.80 Å². The Labute approximate surface area is 129 Å². The number of thiophene rings is 1. The molecule has 0 spiro atoms. The van der Waals surface area contributed by atoms with E-state index in [9.17, 15) is 4.79 Å². The van der Waals surface area contributed by atoms with Crippen LogP contribution >= 0.6 is 22.9 Å².